The molecule has 21 heavy (non-hydrogen) atoms. The molecule has 0 aliphatic carbocycles. The van der Waals surface area contributed by atoms with E-state index < -0.39 is 0 Å². The topological polar surface area (TPSA) is 39.1 Å². The first-order chi connectivity index (χ1) is 10.0. The van der Waals surface area contributed by atoms with E-state index in [1.807, 2.05) is 44.6 Å². The van der Waals surface area contributed by atoms with Crippen LogP contribution in [0.15, 0.2) is 30.5 Å². The van der Waals surface area contributed by atoms with Crippen molar-refractivity contribution in [2.45, 2.75) is 39.8 Å². The minimum Gasteiger partial charge on any atom is -0.491 e. The van der Waals surface area contributed by atoms with E-state index in [-0.39, 0.29) is 12.1 Å². The van der Waals surface area contributed by atoms with Crippen molar-refractivity contribution in [3.63, 3.8) is 0 Å². The van der Waals surface area contributed by atoms with Gasteiger partial charge >= 0.3 is 0 Å². The van der Waals surface area contributed by atoms with Crippen molar-refractivity contribution in [2.75, 3.05) is 6.54 Å². The van der Waals surface area contributed by atoms with Gasteiger partial charge in [0.25, 0.3) is 0 Å². The molecule has 0 aliphatic heterocycles. The molecule has 2 aromatic rings. The van der Waals surface area contributed by atoms with Crippen molar-refractivity contribution in [3.05, 3.63) is 47.3 Å². The zero-order valence-corrected chi connectivity index (χ0v) is 13.6. The van der Waals surface area contributed by atoms with Crippen molar-refractivity contribution in [1.29, 1.82) is 0 Å². The summed E-state index contributed by atoms with van der Waals surface area (Å²) in [7, 11) is 1.96. The lowest BCUT2D eigenvalue weighted by Gasteiger charge is -2.19. The van der Waals surface area contributed by atoms with Crippen LogP contribution in [0, 0.1) is 6.92 Å². The Kier molecular flexibility index (Phi) is 5.02. The molecule has 0 radical (unpaired) electrons. The van der Waals surface area contributed by atoms with Crippen molar-refractivity contribution in [1.82, 2.24) is 15.1 Å². The molecule has 1 N–H and O–H groups in total. The number of aromatic nitrogens is 2. The summed E-state index contributed by atoms with van der Waals surface area (Å²) in [5.41, 5.74) is 3.46. The SMILES string of the molecule is CCNC(c1cccc(OC(C)C)c1)c1cn(C)nc1C. The fraction of sp³-hybridized carbons (Fsp3) is 0.471. The van der Waals surface area contributed by atoms with Crippen LogP contribution in [0.25, 0.3) is 0 Å². The second-order valence-electron chi connectivity index (χ2n) is 5.57. The normalized spacial score (nSPS) is 12.7. The van der Waals surface area contributed by atoms with E-state index in [1.165, 1.54) is 11.1 Å². The van der Waals surface area contributed by atoms with Crippen LogP contribution < -0.4 is 10.1 Å². The first kappa shape index (κ1) is 15.6. The predicted octanol–water partition coefficient (Wildman–Crippen LogP) is 3.21. The van der Waals surface area contributed by atoms with E-state index in [0.717, 1.165) is 18.0 Å². The van der Waals surface area contributed by atoms with E-state index in [1.54, 1.807) is 0 Å². The summed E-state index contributed by atoms with van der Waals surface area (Å²) >= 11 is 0. The Morgan fingerprint density at radius 2 is 2.10 bits per heavy atom. The van der Waals surface area contributed by atoms with Crippen molar-refractivity contribution in [3.8, 4) is 5.75 Å². The van der Waals surface area contributed by atoms with E-state index in [9.17, 15) is 0 Å². The van der Waals surface area contributed by atoms with Crippen molar-refractivity contribution >= 4 is 0 Å². The molecule has 4 heteroatoms. The molecule has 0 fully saturated rings. The second-order valence-corrected chi connectivity index (χ2v) is 5.57. The van der Waals surface area contributed by atoms with Crippen molar-refractivity contribution in [2.24, 2.45) is 7.05 Å². The van der Waals surface area contributed by atoms with Gasteiger partial charge in [-0.25, -0.2) is 0 Å². The summed E-state index contributed by atoms with van der Waals surface area (Å²) in [6.45, 7) is 9.15. The zero-order valence-electron chi connectivity index (χ0n) is 13.6. The largest absolute Gasteiger partial charge is 0.491 e. The van der Waals surface area contributed by atoms with E-state index >= 15 is 0 Å². The van der Waals surface area contributed by atoms with Gasteiger partial charge in [0.2, 0.25) is 0 Å². The molecule has 0 saturated heterocycles. The summed E-state index contributed by atoms with van der Waals surface area (Å²) in [6.07, 6.45) is 2.26. The minimum atomic E-state index is 0.138. The molecule has 1 aromatic carbocycles. The Labute approximate surface area is 127 Å². The van der Waals surface area contributed by atoms with Gasteiger partial charge in [0.1, 0.15) is 5.75 Å². The third-order valence-electron chi connectivity index (χ3n) is 3.33. The van der Waals surface area contributed by atoms with Gasteiger partial charge in [-0.3, -0.25) is 4.68 Å². The molecule has 0 spiro atoms. The third-order valence-corrected chi connectivity index (χ3v) is 3.33. The highest BCUT2D eigenvalue weighted by molar-refractivity contribution is 5.37. The number of hydrogen-bond acceptors (Lipinski definition) is 3. The minimum absolute atomic E-state index is 0.138. The smallest absolute Gasteiger partial charge is 0.120 e. The van der Waals surface area contributed by atoms with Crippen LogP contribution in [-0.2, 0) is 7.05 Å². The highest BCUT2D eigenvalue weighted by Crippen LogP contribution is 2.27. The van der Waals surface area contributed by atoms with Crippen LogP contribution in [0.1, 0.15) is 43.6 Å². The molecular weight excluding hydrogens is 262 g/mol. The van der Waals surface area contributed by atoms with Crippen LogP contribution in [0.3, 0.4) is 0 Å². The van der Waals surface area contributed by atoms with Crippen molar-refractivity contribution < 1.29 is 4.74 Å². The predicted molar refractivity (Wildman–Crippen MR) is 85.7 cm³/mol. The molecule has 0 amide bonds. The van der Waals surface area contributed by atoms with Gasteiger partial charge in [0, 0.05) is 18.8 Å². The lowest BCUT2D eigenvalue weighted by molar-refractivity contribution is 0.242. The first-order valence-corrected chi connectivity index (χ1v) is 7.51. The van der Waals surface area contributed by atoms with Gasteiger partial charge in [-0.1, -0.05) is 19.1 Å². The molecule has 4 nitrogen and oxygen atoms in total. The Balaban J connectivity index is 2.36. The molecule has 0 saturated carbocycles. The van der Waals surface area contributed by atoms with Gasteiger partial charge in [0.05, 0.1) is 17.8 Å². The number of benzene rings is 1. The molecular formula is C17H25N3O. The molecule has 0 bridgehead atoms. The summed E-state index contributed by atoms with van der Waals surface area (Å²) < 4.78 is 7.67. The van der Waals surface area contributed by atoms with E-state index in [4.69, 9.17) is 4.74 Å². The van der Waals surface area contributed by atoms with Crippen LogP contribution >= 0.6 is 0 Å². The Hall–Kier alpha value is -1.81. The fourth-order valence-corrected chi connectivity index (χ4v) is 2.55. The summed E-state index contributed by atoms with van der Waals surface area (Å²) in [6, 6.07) is 8.43. The van der Waals surface area contributed by atoms with Crippen LogP contribution in [0.4, 0.5) is 0 Å². The number of nitrogens with one attached hydrogen (secondary N) is 1. The number of nitrogens with zero attached hydrogens (tertiary/aromatic N) is 2. The number of aryl methyl sites for hydroxylation is 2. The Morgan fingerprint density at radius 3 is 2.67 bits per heavy atom. The standard InChI is InChI=1S/C17H25N3O/c1-6-18-17(16-11-20(5)19-13(16)4)14-8-7-9-15(10-14)21-12(2)3/h7-12,17-18H,6H2,1-5H3. The molecule has 2 rings (SSSR count). The summed E-state index contributed by atoms with van der Waals surface area (Å²) in [5.74, 6) is 0.909. The second kappa shape index (κ2) is 6.76. The highest BCUT2D eigenvalue weighted by Gasteiger charge is 2.18. The molecule has 1 aromatic heterocycles. The maximum atomic E-state index is 5.81. The van der Waals surface area contributed by atoms with Gasteiger partial charge in [-0.05, 0) is 45.0 Å². The quantitative estimate of drug-likeness (QED) is 0.886. The monoisotopic (exact) mass is 287 g/mol. The summed E-state index contributed by atoms with van der Waals surface area (Å²) in [5, 5.41) is 8.00. The molecule has 1 unspecified atom stereocenters. The number of hydrogen-bond donors (Lipinski definition) is 1. The number of ether oxygens (including phenoxy) is 1. The first-order valence-electron chi connectivity index (χ1n) is 7.51. The Bertz CT molecular complexity index is 589. The Morgan fingerprint density at radius 1 is 1.33 bits per heavy atom. The van der Waals surface area contributed by atoms with Gasteiger partial charge in [-0.2, -0.15) is 5.10 Å². The molecule has 114 valence electrons. The van der Waals surface area contributed by atoms with Gasteiger partial charge in [0.15, 0.2) is 0 Å². The number of rotatable bonds is 6. The van der Waals surface area contributed by atoms with Crippen LogP contribution in [0.5, 0.6) is 5.75 Å². The molecule has 1 atom stereocenters. The molecule has 1 heterocycles. The van der Waals surface area contributed by atoms with Crippen LogP contribution in [0.2, 0.25) is 0 Å². The van der Waals surface area contributed by atoms with Gasteiger partial charge < -0.3 is 10.1 Å². The molecule has 0 aliphatic rings. The summed E-state index contributed by atoms with van der Waals surface area (Å²) in [4.78, 5) is 0. The van der Waals surface area contributed by atoms with E-state index in [2.05, 4.69) is 35.7 Å². The van der Waals surface area contributed by atoms with Crippen LogP contribution in [-0.4, -0.2) is 22.4 Å². The zero-order chi connectivity index (χ0) is 15.4. The average Bonchev–Trinajstić information content (AvgIpc) is 2.74. The van der Waals surface area contributed by atoms with E-state index in [0.29, 0.717) is 0 Å². The maximum absolute atomic E-state index is 5.81. The maximum Gasteiger partial charge on any atom is 0.120 e. The average molecular weight is 287 g/mol. The third kappa shape index (κ3) is 3.85. The van der Waals surface area contributed by atoms with Gasteiger partial charge in [-0.15, -0.1) is 0 Å². The lowest BCUT2D eigenvalue weighted by atomic mass is 9.99. The fourth-order valence-electron chi connectivity index (χ4n) is 2.55. The lowest BCUT2D eigenvalue weighted by Crippen LogP contribution is -2.22. The highest BCUT2D eigenvalue weighted by atomic mass is 16.5.